The van der Waals surface area contributed by atoms with E-state index in [0.29, 0.717) is 23.3 Å². The fraction of sp³-hybridized carbons (Fsp3) is 0.286. The van der Waals surface area contributed by atoms with Gasteiger partial charge >= 0.3 is 5.69 Å². The average molecular weight is 335 g/mol. The van der Waals surface area contributed by atoms with Gasteiger partial charge in [0, 0.05) is 6.54 Å². The van der Waals surface area contributed by atoms with Crippen LogP contribution < -0.4 is 5.69 Å². The fourth-order valence-corrected chi connectivity index (χ4v) is 2.83. The number of benzene rings is 1. The molecule has 1 aromatic carbocycles. The molecule has 120 valence electrons. The van der Waals surface area contributed by atoms with E-state index >= 15 is 0 Å². The van der Waals surface area contributed by atoms with Gasteiger partial charge in [-0.15, -0.1) is 15.3 Å². The Morgan fingerprint density at radius 1 is 1.35 bits per heavy atom. The smallest absolute Gasteiger partial charge is 0.343 e. The normalized spacial score (nSPS) is 11.0. The molecule has 9 heteroatoms. The molecule has 0 atom stereocenters. The molecule has 2 heterocycles. The third kappa shape index (κ3) is 3.34. The monoisotopic (exact) mass is 335 g/mol. The predicted molar refractivity (Wildman–Crippen MR) is 82.4 cm³/mol. The molecule has 0 aliphatic carbocycles. The average Bonchev–Trinajstić information content (AvgIpc) is 3.14. The summed E-state index contributed by atoms with van der Waals surface area (Å²) in [7, 11) is 0. The summed E-state index contributed by atoms with van der Waals surface area (Å²) in [6, 6.07) is 6.20. The Morgan fingerprint density at radius 3 is 2.96 bits per heavy atom. The van der Waals surface area contributed by atoms with Crippen LogP contribution in [0.5, 0.6) is 0 Å². The molecule has 0 amide bonds. The molecule has 1 N–H and O–H groups in total. The zero-order valence-corrected chi connectivity index (χ0v) is 13.1. The first-order valence-corrected chi connectivity index (χ1v) is 8.03. The standard InChI is InChI=1S/C14H14FN5O2S/c1-2-7-20-13(21)18-19-14(20)23-8-11-16-17-12(22-11)9-5-3-4-6-10(9)15/h3-6H,2,7-8H2,1H3,(H,18,21). The van der Waals surface area contributed by atoms with Crippen LogP contribution in [-0.2, 0) is 12.3 Å². The van der Waals surface area contributed by atoms with Crippen LogP contribution in [0.1, 0.15) is 19.2 Å². The zero-order chi connectivity index (χ0) is 16.2. The number of nitrogens with one attached hydrogen (secondary N) is 1. The molecule has 3 rings (SSSR count). The van der Waals surface area contributed by atoms with E-state index < -0.39 is 5.82 Å². The second-order valence-corrected chi connectivity index (χ2v) is 5.67. The lowest BCUT2D eigenvalue weighted by Gasteiger charge is -2.01. The Bertz CT molecular complexity index is 857. The number of rotatable bonds is 6. The SMILES string of the molecule is CCCn1c(SCc2nnc(-c3ccccc3F)o2)n[nH]c1=O. The van der Waals surface area contributed by atoms with Crippen molar-refractivity contribution in [1.29, 1.82) is 0 Å². The van der Waals surface area contributed by atoms with Crippen LogP contribution in [0.15, 0.2) is 38.6 Å². The van der Waals surface area contributed by atoms with Gasteiger partial charge in [-0.2, -0.15) is 0 Å². The minimum absolute atomic E-state index is 0.131. The van der Waals surface area contributed by atoms with E-state index in [1.54, 1.807) is 22.8 Å². The van der Waals surface area contributed by atoms with Gasteiger partial charge in [0.25, 0.3) is 5.89 Å². The van der Waals surface area contributed by atoms with Crippen molar-refractivity contribution >= 4 is 11.8 Å². The van der Waals surface area contributed by atoms with Gasteiger partial charge in [0.15, 0.2) is 5.16 Å². The topological polar surface area (TPSA) is 89.6 Å². The number of aromatic nitrogens is 5. The van der Waals surface area contributed by atoms with Crippen LogP contribution >= 0.6 is 11.8 Å². The van der Waals surface area contributed by atoms with Crippen LogP contribution in [-0.4, -0.2) is 25.0 Å². The Labute approximate surface area is 134 Å². The summed E-state index contributed by atoms with van der Waals surface area (Å²) in [5.41, 5.74) is 0.0193. The van der Waals surface area contributed by atoms with Crippen LogP contribution in [0.3, 0.4) is 0 Å². The Kier molecular flexibility index (Phi) is 4.56. The van der Waals surface area contributed by atoms with Gasteiger partial charge in [-0.05, 0) is 18.6 Å². The van der Waals surface area contributed by atoms with E-state index in [-0.39, 0.29) is 17.1 Å². The van der Waals surface area contributed by atoms with Crippen molar-refractivity contribution in [3.63, 3.8) is 0 Å². The van der Waals surface area contributed by atoms with Gasteiger partial charge in [0.05, 0.1) is 11.3 Å². The summed E-state index contributed by atoms with van der Waals surface area (Å²) < 4.78 is 20.7. The first-order chi connectivity index (χ1) is 11.2. The lowest BCUT2D eigenvalue weighted by atomic mass is 10.2. The van der Waals surface area contributed by atoms with Gasteiger partial charge in [0.2, 0.25) is 5.89 Å². The summed E-state index contributed by atoms with van der Waals surface area (Å²) in [5.74, 6) is 0.396. The summed E-state index contributed by atoms with van der Waals surface area (Å²) >= 11 is 1.30. The van der Waals surface area contributed by atoms with Gasteiger partial charge in [-0.1, -0.05) is 30.8 Å². The quantitative estimate of drug-likeness (QED) is 0.696. The van der Waals surface area contributed by atoms with Crippen LogP contribution in [0.2, 0.25) is 0 Å². The Morgan fingerprint density at radius 2 is 2.17 bits per heavy atom. The number of hydrogen-bond donors (Lipinski definition) is 1. The summed E-state index contributed by atoms with van der Waals surface area (Å²) in [4.78, 5) is 11.6. The van der Waals surface area contributed by atoms with Gasteiger partial charge in [0.1, 0.15) is 5.82 Å². The minimum Gasteiger partial charge on any atom is -0.420 e. The lowest BCUT2D eigenvalue weighted by molar-refractivity contribution is 0.522. The molecule has 0 aliphatic heterocycles. The third-order valence-corrected chi connectivity index (χ3v) is 4.03. The van der Waals surface area contributed by atoms with E-state index in [9.17, 15) is 9.18 Å². The number of hydrogen-bond acceptors (Lipinski definition) is 6. The van der Waals surface area contributed by atoms with E-state index in [1.165, 1.54) is 17.8 Å². The van der Waals surface area contributed by atoms with E-state index in [4.69, 9.17) is 4.42 Å². The predicted octanol–water partition coefficient (Wildman–Crippen LogP) is 2.46. The molecular weight excluding hydrogens is 321 g/mol. The molecule has 23 heavy (non-hydrogen) atoms. The number of aromatic amines is 1. The molecule has 7 nitrogen and oxygen atoms in total. The molecular formula is C14H14FN5O2S. The molecule has 0 radical (unpaired) electrons. The molecule has 2 aromatic heterocycles. The van der Waals surface area contributed by atoms with Gasteiger partial charge in [-0.3, -0.25) is 4.57 Å². The molecule has 0 bridgehead atoms. The first kappa shape index (κ1) is 15.5. The summed E-state index contributed by atoms with van der Waals surface area (Å²) in [6.07, 6.45) is 0.824. The molecule has 0 saturated carbocycles. The largest absolute Gasteiger partial charge is 0.420 e. The maximum absolute atomic E-state index is 13.7. The van der Waals surface area contributed by atoms with E-state index in [0.717, 1.165) is 6.42 Å². The van der Waals surface area contributed by atoms with E-state index in [2.05, 4.69) is 20.4 Å². The highest BCUT2D eigenvalue weighted by Crippen LogP contribution is 2.24. The molecule has 0 spiro atoms. The van der Waals surface area contributed by atoms with Crippen LogP contribution in [0.25, 0.3) is 11.5 Å². The maximum Gasteiger partial charge on any atom is 0.343 e. The second kappa shape index (κ2) is 6.78. The van der Waals surface area contributed by atoms with Crippen molar-refractivity contribution in [3.05, 3.63) is 46.5 Å². The Balaban J connectivity index is 1.73. The van der Waals surface area contributed by atoms with Crippen molar-refractivity contribution in [3.8, 4) is 11.5 Å². The highest BCUT2D eigenvalue weighted by atomic mass is 32.2. The second-order valence-electron chi connectivity index (χ2n) is 4.73. The van der Waals surface area contributed by atoms with Crippen molar-refractivity contribution in [2.24, 2.45) is 0 Å². The first-order valence-electron chi connectivity index (χ1n) is 7.04. The maximum atomic E-state index is 13.7. The van der Waals surface area contributed by atoms with Gasteiger partial charge < -0.3 is 4.42 Å². The highest BCUT2D eigenvalue weighted by Gasteiger charge is 2.14. The minimum atomic E-state index is -0.417. The van der Waals surface area contributed by atoms with Crippen molar-refractivity contribution in [2.45, 2.75) is 30.8 Å². The summed E-state index contributed by atoms with van der Waals surface area (Å²) in [6.45, 7) is 2.56. The molecule has 0 unspecified atom stereocenters. The van der Waals surface area contributed by atoms with Crippen molar-refractivity contribution < 1.29 is 8.81 Å². The van der Waals surface area contributed by atoms with Gasteiger partial charge in [-0.25, -0.2) is 14.3 Å². The highest BCUT2D eigenvalue weighted by molar-refractivity contribution is 7.98. The van der Waals surface area contributed by atoms with Crippen LogP contribution in [0, 0.1) is 5.82 Å². The molecule has 0 fully saturated rings. The molecule has 0 saturated heterocycles. The zero-order valence-electron chi connectivity index (χ0n) is 12.3. The number of thioether (sulfide) groups is 1. The number of halogens is 1. The molecule has 0 aliphatic rings. The van der Waals surface area contributed by atoms with Crippen LogP contribution in [0.4, 0.5) is 4.39 Å². The fourth-order valence-electron chi connectivity index (χ4n) is 2.02. The summed E-state index contributed by atoms with van der Waals surface area (Å²) in [5, 5.41) is 14.7. The number of H-pyrrole nitrogens is 1. The van der Waals surface area contributed by atoms with E-state index in [1.807, 2.05) is 6.92 Å². The lowest BCUT2D eigenvalue weighted by Crippen LogP contribution is -2.17. The molecule has 3 aromatic rings. The van der Waals surface area contributed by atoms with Crippen molar-refractivity contribution in [1.82, 2.24) is 25.0 Å². The third-order valence-electron chi connectivity index (χ3n) is 3.07. The Hall–Kier alpha value is -2.42. The van der Waals surface area contributed by atoms with Crippen molar-refractivity contribution in [2.75, 3.05) is 0 Å². The number of nitrogens with zero attached hydrogens (tertiary/aromatic N) is 4.